The summed E-state index contributed by atoms with van der Waals surface area (Å²) in [5.74, 6) is 0. The molecule has 0 bridgehead atoms. The maximum atomic E-state index is 6.05. The molecular weight excluding hydrogens is 290 g/mol. The van der Waals surface area contributed by atoms with Crippen molar-refractivity contribution in [3.8, 4) is 0 Å². The SMILES string of the molecule is CN(C)c1ccc(Br)cc1NC1CCCC(N)C1. The Labute approximate surface area is 118 Å². The van der Waals surface area contributed by atoms with Crippen LogP contribution in [0.1, 0.15) is 25.7 Å². The third-order valence-corrected chi connectivity index (χ3v) is 4.01. The van der Waals surface area contributed by atoms with E-state index in [0.29, 0.717) is 12.1 Å². The van der Waals surface area contributed by atoms with Crippen LogP contribution in [0.25, 0.3) is 0 Å². The summed E-state index contributed by atoms with van der Waals surface area (Å²) in [6, 6.07) is 7.21. The van der Waals surface area contributed by atoms with Crippen LogP contribution in [0.2, 0.25) is 0 Å². The van der Waals surface area contributed by atoms with Gasteiger partial charge in [-0.15, -0.1) is 0 Å². The number of nitrogens with zero attached hydrogens (tertiary/aromatic N) is 1. The lowest BCUT2D eigenvalue weighted by Crippen LogP contribution is -2.35. The monoisotopic (exact) mass is 311 g/mol. The lowest BCUT2D eigenvalue weighted by molar-refractivity contribution is 0.409. The van der Waals surface area contributed by atoms with Gasteiger partial charge in [0.2, 0.25) is 0 Å². The average molecular weight is 312 g/mol. The van der Waals surface area contributed by atoms with Gasteiger partial charge in [-0.05, 0) is 43.9 Å². The molecule has 3 nitrogen and oxygen atoms in total. The summed E-state index contributed by atoms with van der Waals surface area (Å²) in [5, 5.41) is 3.65. The van der Waals surface area contributed by atoms with E-state index in [0.717, 1.165) is 17.3 Å². The first kappa shape index (κ1) is 13.7. The predicted molar refractivity (Wildman–Crippen MR) is 82.3 cm³/mol. The third-order valence-electron chi connectivity index (χ3n) is 3.51. The molecule has 2 atom stereocenters. The molecule has 2 unspecified atom stereocenters. The van der Waals surface area contributed by atoms with Crippen LogP contribution in [-0.2, 0) is 0 Å². The molecule has 100 valence electrons. The Morgan fingerprint density at radius 3 is 2.78 bits per heavy atom. The van der Waals surface area contributed by atoms with Gasteiger partial charge in [-0.3, -0.25) is 0 Å². The van der Waals surface area contributed by atoms with Crippen molar-refractivity contribution >= 4 is 27.3 Å². The van der Waals surface area contributed by atoms with Crippen molar-refractivity contribution < 1.29 is 0 Å². The number of hydrogen-bond donors (Lipinski definition) is 2. The highest BCUT2D eigenvalue weighted by molar-refractivity contribution is 9.10. The fourth-order valence-corrected chi connectivity index (χ4v) is 2.95. The Balaban J connectivity index is 2.14. The third kappa shape index (κ3) is 3.39. The number of benzene rings is 1. The highest BCUT2D eigenvalue weighted by Gasteiger charge is 2.20. The van der Waals surface area contributed by atoms with E-state index in [9.17, 15) is 0 Å². The van der Waals surface area contributed by atoms with E-state index >= 15 is 0 Å². The smallest absolute Gasteiger partial charge is 0.0597 e. The number of halogens is 1. The molecule has 1 aromatic carbocycles. The first-order chi connectivity index (χ1) is 8.56. The fourth-order valence-electron chi connectivity index (χ4n) is 2.59. The van der Waals surface area contributed by atoms with Gasteiger partial charge in [-0.2, -0.15) is 0 Å². The number of rotatable bonds is 3. The number of anilines is 2. The lowest BCUT2D eigenvalue weighted by atomic mass is 9.91. The Hall–Kier alpha value is -0.740. The van der Waals surface area contributed by atoms with Gasteiger partial charge in [0.05, 0.1) is 11.4 Å². The van der Waals surface area contributed by atoms with Gasteiger partial charge in [0, 0.05) is 30.7 Å². The molecule has 1 saturated carbocycles. The molecule has 0 spiro atoms. The summed E-state index contributed by atoms with van der Waals surface area (Å²) in [5.41, 5.74) is 8.46. The van der Waals surface area contributed by atoms with Gasteiger partial charge in [0.25, 0.3) is 0 Å². The summed E-state index contributed by atoms with van der Waals surface area (Å²) >= 11 is 3.54. The topological polar surface area (TPSA) is 41.3 Å². The second-order valence-corrected chi connectivity index (χ2v) is 6.24. The predicted octanol–water partition coefficient (Wildman–Crippen LogP) is 3.20. The van der Waals surface area contributed by atoms with Crippen LogP contribution in [0.5, 0.6) is 0 Å². The van der Waals surface area contributed by atoms with E-state index in [4.69, 9.17) is 5.73 Å². The second kappa shape index (κ2) is 5.93. The molecule has 1 aliphatic rings. The molecule has 0 saturated heterocycles. The van der Waals surface area contributed by atoms with Gasteiger partial charge < -0.3 is 16.0 Å². The quantitative estimate of drug-likeness (QED) is 0.900. The summed E-state index contributed by atoms with van der Waals surface area (Å²) in [7, 11) is 4.14. The van der Waals surface area contributed by atoms with Crippen molar-refractivity contribution in [2.24, 2.45) is 5.73 Å². The van der Waals surface area contributed by atoms with E-state index in [1.165, 1.54) is 24.2 Å². The van der Waals surface area contributed by atoms with Gasteiger partial charge in [0.1, 0.15) is 0 Å². The zero-order valence-corrected chi connectivity index (χ0v) is 12.7. The summed E-state index contributed by atoms with van der Waals surface area (Å²) < 4.78 is 1.11. The summed E-state index contributed by atoms with van der Waals surface area (Å²) in [4.78, 5) is 2.14. The van der Waals surface area contributed by atoms with Gasteiger partial charge in [0.15, 0.2) is 0 Å². The highest BCUT2D eigenvalue weighted by Crippen LogP contribution is 2.30. The maximum absolute atomic E-state index is 6.05. The normalized spacial score (nSPS) is 23.8. The van der Waals surface area contributed by atoms with Crippen LogP contribution < -0.4 is 16.0 Å². The minimum absolute atomic E-state index is 0.353. The van der Waals surface area contributed by atoms with Crippen LogP contribution in [-0.4, -0.2) is 26.2 Å². The molecule has 1 aliphatic carbocycles. The zero-order valence-electron chi connectivity index (χ0n) is 11.1. The molecule has 0 aliphatic heterocycles. The van der Waals surface area contributed by atoms with Crippen LogP contribution >= 0.6 is 15.9 Å². The maximum Gasteiger partial charge on any atom is 0.0597 e. The number of hydrogen-bond acceptors (Lipinski definition) is 3. The van der Waals surface area contributed by atoms with Crippen molar-refractivity contribution in [1.82, 2.24) is 0 Å². The standard InChI is InChI=1S/C14H22BrN3/c1-18(2)14-7-6-10(15)8-13(14)17-12-5-3-4-11(16)9-12/h6-8,11-12,17H,3-5,9,16H2,1-2H3. The van der Waals surface area contributed by atoms with Crippen LogP contribution in [0.15, 0.2) is 22.7 Å². The Bertz CT molecular complexity index is 406. The molecule has 2 rings (SSSR count). The first-order valence-corrected chi connectivity index (χ1v) is 7.34. The molecule has 18 heavy (non-hydrogen) atoms. The molecule has 3 N–H and O–H groups in total. The van der Waals surface area contributed by atoms with Crippen molar-refractivity contribution in [1.29, 1.82) is 0 Å². The van der Waals surface area contributed by atoms with E-state index in [-0.39, 0.29) is 0 Å². The van der Waals surface area contributed by atoms with E-state index in [2.05, 4.69) is 58.4 Å². The number of nitrogens with two attached hydrogens (primary N) is 1. The molecule has 0 heterocycles. The Kier molecular flexibility index (Phi) is 4.51. The van der Waals surface area contributed by atoms with E-state index in [1.807, 2.05) is 0 Å². The molecule has 1 aromatic rings. The van der Waals surface area contributed by atoms with Gasteiger partial charge in [-0.25, -0.2) is 0 Å². The average Bonchev–Trinajstić information content (AvgIpc) is 2.28. The van der Waals surface area contributed by atoms with Crippen LogP contribution in [0.4, 0.5) is 11.4 Å². The highest BCUT2D eigenvalue weighted by atomic mass is 79.9. The van der Waals surface area contributed by atoms with Crippen molar-refractivity contribution in [3.63, 3.8) is 0 Å². The summed E-state index contributed by atoms with van der Waals surface area (Å²) in [6.45, 7) is 0. The first-order valence-electron chi connectivity index (χ1n) is 6.55. The van der Waals surface area contributed by atoms with E-state index < -0.39 is 0 Å². The zero-order chi connectivity index (χ0) is 13.1. The molecule has 0 aromatic heterocycles. The van der Waals surface area contributed by atoms with Gasteiger partial charge in [-0.1, -0.05) is 15.9 Å². The Morgan fingerprint density at radius 2 is 2.11 bits per heavy atom. The molecule has 0 amide bonds. The fraction of sp³-hybridized carbons (Fsp3) is 0.571. The lowest BCUT2D eigenvalue weighted by Gasteiger charge is -2.30. The molecular formula is C14H22BrN3. The molecule has 4 heteroatoms. The molecule has 0 radical (unpaired) electrons. The minimum atomic E-state index is 0.353. The largest absolute Gasteiger partial charge is 0.381 e. The van der Waals surface area contributed by atoms with Crippen LogP contribution in [0, 0.1) is 0 Å². The van der Waals surface area contributed by atoms with Crippen molar-refractivity contribution in [2.45, 2.75) is 37.8 Å². The Morgan fingerprint density at radius 1 is 1.33 bits per heavy atom. The van der Waals surface area contributed by atoms with Crippen molar-refractivity contribution in [2.75, 3.05) is 24.3 Å². The second-order valence-electron chi connectivity index (χ2n) is 5.32. The number of nitrogens with one attached hydrogen (secondary N) is 1. The van der Waals surface area contributed by atoms with Crippen LogP contribution in [0.3, 0.4) is 0 Å². The van der Waals surface area contributed by atoms with Gasteiger partial charge >= 0.3 is 0 Å². The van der Waals surface area contributed by atoms with Crippen molar-refractivity contribution in [3.05, 3.63) is 22.7 Å². The van der Waals surface area contributed by atoms with E-state index in [1.54, 1.807) is 0 Å². The minimum Gasteiger partial charge on any atom is -0.381 e. The summed E-state index contributed by atoms with van der Waals surface area (Å²) in [6.07, 6.45) is 4.67. The molecule has 1 fully saturated rings.